The number of hydrogen-bond donors (Lipinski definition) is 1. The van der Waals surface area contributed by atoms with Crippen molar-refractivity contribution in [3.8, 4) is 0 Å². The second-order valence-corrected chi connectivity index (χ2v) is 7.51. The lowest BCUT2D eigenvalue weighted by atomic mass is 9.86. The van der Waals surface area contributed by atoms with E-state index in [1.165, 1.54) is 19.3 Å². The predicted octanol–water partition coefficient (Wildman–Crippen LogP) is 4.12. The molecule has 3 atom stereocenters. The maximum absolute atomic E-state index is 12.2. The summed E-state index contributed by atoms with van der Waals surface area (Å²) in [6, 6.07) is 6.06. The van der Waals surface area contributed by atoms with Crippen LogP contribution in [-0.4, -0.2) is 18.5 Å². The number of ether oxygens (including phenoxy) is 1. The lowest BCUT2D eigenvalue weighted by Gasteiger charge is -2.20. The van der Waals surface area contributed by atoms with Crippen LogP contribution in [0, 0.1) is 17.8 Å². The molecule has 2 saturated carbocycles. The second kappa shape index (κ2) is 8.03. The van der Waals surface area contributed by atoms with Gasteiger partial charge in [0, 0.05) is 12.1 Å². The van der Waals surface area contributed by atoms with Gasteiger partial charge in [-0.15, -0.1) is 0 Å². The number of benzene rings is 1. The van der Waals surface area contributed by atoms with Gasteiger partial charge in [-0.2, -0.15) is 0 Å². The Morgan fingerprint density at radius 3 is 2.40 bits per heavy atom. The number of para-hydroxylation sites is 1. The Hall–Kier alpha value is -1.84. The zero-order valence-corrected chi connectivity index (χ0v) is 15.3. The molecule has 4 heteroatoms. The molecule has 3 rings (SSSR count). The maximum Gasteiger partial charge on any atom is 0.306 e. The molecule has 0 saturated heterocycles. The van der Waals surface area contributed by atoms with Gasteiger partial charge in [-0.25, -0.2) is 0 Å². The first-order valence-corrected chi connectivity index (χ1v) is 9.66. The summed E-state index contributed by atoms with van der Waals surface area (Å²) in [5.41, 5.74) is 3.10. The summed E-state index contributed by atoms with van der Waals surface area (Å²) in [6.45, 7) is 3.94. The van der Waals surface area contributed by atoms with E-state index in [4.69, 9.17) is 4.74 Å². The summed E-state index contributed by atoms with van der Waals surface area (Å²) in [5.74, 6) is 1.52. The van der Waals surface area contributed by atoms with E-state index in [1.807, 2.05) is 18.2 Å². The van der Waals surface area contributed by atoms with Gasteiger partial charge in [-0.05, 0) is 61.0 Å². The highest BCUT2D eigenvalue weighted by Crippen LogP contribution is 2.49. The molecule has 2 aliphatic carbocycles. The molecule has 0 aliphatic heterocycles. The van der Waals surface area contributed by atoms with Gasteiger partial charge in [-0.3, -0.25) is 9.59 Å². The molecule has 1 N–H and O–H groups in total. The Labute approximate surface area is 150 Å². The summed E-state index contributed by atoms with van der Waals surface area (Å²) in [7, 11) is 0. The molecule has 0 heterocycles. The van der Waals surface area contributed by atoms with Gasteiger partial charge in [0.15, 0.2) is 6.61 Å². The Bertz CT molecular complexity index is 618. The van der Waals surface area contributed by atoms with Crippen molar-refractivity contribution >= 4 is 17.6 Å². The normalized spacial score (nSPS) is 24.3. The molecule has 2 aliphatic rings. The molecule has 4 nitrogen and oxygen atoms in total. The highest BCUT2D eigenvalue weighted by atomic mass is 16.5. The molecule has 0 aromatic heterocycles. The Kier molecular flexibility index (Phi) is 5.77. The molecule has 0 spiro atoms. The van der Waals surface area contributed by atoms with Crippen molar-refractivity contribution in [3.05, 3.63) is 29.3 Å². The topological polar surface area (TPSA) is 55.4 Å². The Balaban J connectivity index is 1.49. The average Bonchev–Trinajstić information content (AvgIpc) is 3.23. The number of amides is 1. The van der Waals surface area contributed by atoms with Crippen LogP contribution in [0.1, 0.15) is 57.1 Å². The Morgan fingerprint density at radius 1 is 1.12 bits per heavy atom. The highest BCUT2D eigenvalue weighted by molar-refractivity contribution is 5.94. The number of nitrogens with one attached hydrogen (secondary N) is 1. The minimum absolute atomic E-state index is 0.194. The van der Waals surface area contributed by atoms with E-state index in [-0.39, 0.29) is 18.5 Å². The highest BCUT2D eigenvalue weighted by Gasteiger charge is 2.40. The summed E-state index contributed by atoms with van der Waals surface area (Å²) >= 11 is 0. The van der Waals surface area contributed by atoms with Crippen LogP contribution in [0.2, 0.25) is 0 Å². The van der Waals surface area contributed by atoms with Crippen LogP contribution in [-0.2, 0) is 27.2 Å². The molecule has 1 aromatic carbocycles. The van der Waals surface area contributed by atoms with Crippen LogP contribution < -0.4 is 5.32 Å². The molecule has 1 amide bonds. The quantitative estimate of drug-likeness (QED) is 0.758. The van der Waals surface area contributed by atoms with E-state index < -0.39 is 0 Å². The summed E-state index contributed by atoms with van der Waals surface area (Å²) in [5, 5.41) is 2.94. The van der Waals surface area contributed by atoms with Crippen LogP contribution in [0.4, 0.5) is 5.69 Å². The summed E-state index contributed by atoms with van der Waals surface area (Å²) < 4.78 is 5.24. The number of esters is 1. The monoisotopic (exact) mass is 343 g/mol. The fourth-order valence-corrected chi connectivity index (χ4v) is 4.62. The number of aryl methyl sites for hydroxylation is 2. The van der Waals surface area contributed by atoms with Crippen molar-refractivity contribution in [3.63, 3.8) is 0 Å². The van der Waals surface area contributed by atoms with Gasteiger partial charge in [-0.1, -0.05) is 38.5 Å². The molecule has 2 bridgehead atoms. The number of carbonyl (C=O) groups excluding carboxylic acids is 2. The first kappa shape index (κ1) is 18.0. The zero-order chi connectivity index (χ0) is 17.8. The van der Waals surface area contributed by atoms with E-state index in [9.17, 15) is 9.59 Å². The van der Waals surface area contributed by atoms with E-state index in [0.717, 1.165) is 42.0 Å². The van der Waals surface area contributed by atoms with E-state index >= 15 is 0 Å². The van der Waals surface area contributed by atoms with E-state index in [0.29, 0.717) is 18.3 Å². The van der Waals surface area contributed by atoms with Crippen LogP contribution in [0.5, 0.6) is 0 Å². The fraction of sp³-hybridized carbons (Fsp3) is 0.619. The first-order valence-electron chi connectivity index (χ1n) is 9.66. The van der Waals surface area contributed by atoms with Crippen LogP contribution in [0.25, 0.3) is 0 Å². The second-order valence-electron chi connectivity index (χ2n) is 7.51. The van der Waals surface area contributed by atoms with E-state index in [2.05, 4.69) is 19.2 Å². The molecule has 25 heavy (non-hydrogen) atoms. The van der Waals surface area contributed by atoms with E-state index in [1.54, 1.807) is 0 Å². The van der Waals surface area contributed by atoms with Crippen molar-refractivity contribution in [2.24, 2.45) is 17.8 Å². The van der Waals surface area contributed by atoms with Crippen molar-refractivity contribution < 1.29 is 14.3 Å². The predicted molar refractivity (Wildman–Crippen MR) is 98.3 cm³/mol. The minimum atomic E-state index is -0.253. The van der Waals surface area contributed by atoms with Crippen molar-refractivity contribution in [2.75, 3.05) is 11.9 Å². The number of fused-ring (bicyclic) bond motifs is 2. The number of anilines is 1. The zero-order valence-electron chi connectivity index (χ0n) is 15.3. The van der Waals surface area contributed by atoms with Crippen molar-refractivity contribution in [1.82, 2.24) is 0 Å². The van der Waals surface area contributed by atoms with Crippen molar-refractivity contribution in [1.29, 1.82) is 0 Å². The molecule has 136 valence electrons. The van der Waals surface area contributed by atoms with Crippen LogP contribution >= 0.6 is 0 Å². The lowest BCUT2D eigenvalue weighted by molar-refractivity contribution is -0.148. The van der Waals surface area contributed by atoms with Gasteiger partial charge in [0.2, 0.25) is 0 Å². The molecular weight excluding hydrogens is 314 g/mol. The number of rotatable bonds is 7. The molecule has 2 fully saturated rings. The summed E-state index contributed by atoms with van der Waals surface area (Å²) in [4.78, 5) is 24.3. The molecule has 0 unspecified atom stereocenters. The van der Waals surface area contributed by atoms with Crippen molar-refractivity contribution in [2.45, 2.75) is 58.8 Å². The average molecular weight is 343 g/mol. The SMILES string of the molecule is CCc1cccc(CC)c1NC(=O)COC(=O)C[C@H]1C[C@@H]2CC[C@@H]1C2. The van der Waals surface area contributed by atoms with Gasteiger partial charge < -0.3 is 10.1 Å². The molecular formula is C21H29NO3. The first-order chi connectivity index (χ1) is 12.1. The van der Waals surface area contributed by atoms with Crippen LogP contribution in [0.3, 0.4) is 0 Å². The van der Waals surface area contributed by atoms with Crippen LogP contribution in [0.15, 0.2) is 18.2 Å². The lowest BCUT2D eigenvalue weighted by Crippen LogP contribution is -2.24. The van der Waals surface area contributed by atoms with Gasteiger partial charge in [0.1, 0.15) is 0 Å². The van der Waals surface area contributed by atoms with Gasteiger partial charge in [0.05, 0.1) is 0 Å². The third kappa shape index (κ3) is 4.23. The Morgan fingerprint density at radius 2 is 1.84 bits per heavy atom. The largest absolute Gasteiger partial charge is 0.456 e. The smallest absolute Gasteiger partial charge is 0.306 e. The minimum Gasteiger partial charge on any atom is -0.456 e. The summed E-state index contributed by atoms with van der Waals surface area (Å²) in [6.07, 6.45) is 7.22. The third-order valence-electron chi connectivity index (χ3n) is 5.94. The third-order valence-corrected chi connectivity index (χ3v) is 5.94. The number of carbonyl (C=O) groups is 2. The van der Waals surface area contributed by atoms with Gasteiger partial charge >= 0.3 is 5.97 Å². The maximum atomic E-state index is 12.2. The fourth-order valence-electron chi connectivity index (χ4n) is 4.62. The molecule has 1 aromatic rings. The standard InChI is InChI=1S/C21H29NO3/c1-3-15-6-5-7-16(4-2)21(15)22-19(23)13-25-20(24)12-18-11-14-8-9-17(18)10-14/h5-7,14,17-18H,3-4,8-13H2,1-2H3,(H,22,23)/t14-,17-,18-/m1/s1. The van der Waals surface area contributed by atoms with Gasteiger partial charge in [0.25, 0.3) is 5.91 Å². The number of hydrogen-bond acceptors (Lipinski definition) is 3. The molecule has 0 radical (unpaired) electrons.